The molecule has 0 saturated heterocycles. The molecule has 0 aliphatic heterocycles. The Morgan fingerprint density at radius 3 is 1.68 bits per heavy atom. The summed E-state index contributed by atoms with van der Waals surface area (Å²) in [6.45, 7) is 7.85. The number of hydrogen-bond donors (Lipinski definition) is 2. The molecule has 2 rings (SSSR count). The number of nitrogens with one attached hydrogen (secondary N) is 2. The first-order valence-corrected chi connectivity index (χ1v) is 15.5. The van der Waals surface area contributed by atoms with Gasteiger partial charge in [0.25, 0.3) is 0 Å². The molecule has 0 aliphatic carbocycles. The first-order valence-electron chi connectivity index (χ1n) is 13.5. The summed E-state index contributed by atoms with van der Waals surface area (Å²) in [5.74, 6) is 0.509. The van der Waals surface area contributed by atoms with Crippen LogP contribution < -0.4 is 21.2 Å². The van der Waals surface area contributed by atoms with Gasteiger partial charge in [-0.2, -0.15) is 0 Å². The Labute approximate surface area is 216 Å². The molecule has 34 heavy (non-hydrogen) atoms. The van der Waals surface area contributed by atoms with Gasteiger partial charge in [-0.1, -0.05) is 139 Å². The van der Waals surface area contributed by atoms with Gasteiger partial charge >= 0.3 is 0 Å². The molecule has 0 fully saturated rings. The third-order valence-electron chi connectivity index (χ3n) is 6.45. The van der Waals surface area contributed by atoms with Crippen LogP contribution >= 0.6 is 20.1 Å². The smallest absolute Gasteiger partial charge is 0.166 e. The van der Waals surface area contributed by atoms with Crippen molar-refractivity contribution < 1.29 is 0 Å². The zero-order valence-electron chi connectivity index (χ0n) is 21.8. The molecule has 4 heteroatoms. The van der Waals surface area contributed by atoms with Gasteiger partial charge in [-0.25, -0.2) is 0 Å². The Morgan fingerprint density at radius 2 is 1.21 bits per heavy atom. The average molecular weight is 499 g/mol. The van der Waals surface area contributed by atoms with Gasteiger partial charge in [0, 0.05) is 12.6 Å². The Kier molecular flexibility index (Phi) is 15.2. The van der Waals surface area contributed by atoms with Crippen LogP contribution in [-0.4, -0.2) is 23.9 Å². The van der Waals surface area contributed by atoms with E-state index in [1.54, 1.807) is 0 Å². The summed E-state index contributed by atoms with van der Waals surface area (Å²) in [5.41, 5.74) is 0. The predicted octanol–water partition coefficient (Wildman–Crippen LogP) is 7.53. The minimum absolute atomic E-state index is 0.347. The first-order chi connectivity index (χ1) is 16.6. The van der Waals surface area contributed by atoms with E-state index in [1.165, 1.54) is 74.8 Å². The largest absolute Gasteiger partial charge is 0.363 e. The molecule has 1 atom stereocenters. The molecule has 0 aromatic heterocycles. The van der Waals surface area contributed by atoms with Gasteiger partial charge in [0.05, 0.1) is 0 Å². The van der Waals surface area contributed by atoms with Gasteiger partial charge in [-0.05, 0) is 49.2 Å². The van der Waals surface area contributed by atoms with Crippen molar-refractivity contribution in [2.75, 3.05) is 12.7 Å². The quantitative estimate of drug-likeness (QED) is 0.134. The van der Waals surface area contributed by atoms with E-state index >= 15 is 0 Å². The van der Waals surface area contributed by atoms with Gasteiger partial charge in [0.2, 0.25) is 0 Å². The molecule has 0 unspecified atom stereocenters. The van der Waals surface area contributed by atoms with E-state index in [-0.39, 0.29) is 0 Å². The molecule has 0 bridgehead atoms. The molecule has 0 spiro atoms. The highest BCUT2D eigenvalue weighted by atomic mass is 32.1. The second-order valence-electron chi connectivity index (χ2n) is 9.71. The fraction of sp³-hybridized carbons (Fsp3) is 0.567. The topological polar surface area (TPSA) is 24.1 Å². The first kappa shape index (κ1) is 28.8. The molecule has 0 radical (unpaired) electrons. The Morgan fingerprint density at radius 1 is 0.735 bits per heavy atom. The highest BCUT2D eigenvalue weighted by Crippen LogP contribution is 2.35. The molecule has 2 aromatic rings. The van der Waals surface area contributed by atoms with Crippen LogP contribution in [0.4, 0.5) is 0 Å². The van der Waals surface area contributed by atoms with Crippen molar-refractivity contribution in [1.29, 1.82) is 0 Å². The average Bonchev–Trinajstić information content (AvgIpc) is 2.86. The second-order valence-corrected chi connectivity index (χ2v) is 12.4. The minimum Gasteiger partial charge on any atom is -0.363 e. The highest BCUT2D eigenvalue weighted by Gasteiger charge is 2.22. The van der Waals surface area contributed by atoms with E-state index in [0.29, 0.717) is 12.0 Å². The molecule has 2 nitrogen and oxygen atoms in total. The number of hydrogen-bond acceptors (Lipinski definition) is 1. The van der Waals surface area contributed by atoms with E-state index in [0.717, 1.165) is 17.8 Å². The monoisotopic (exact) mass is 498 g/mol. The minimum atomic E-state index is -0.433. The maximum absolute atomic E-state index is 5.69. The van der Waals surface area contributed by atoms with E-state index in [9.17, 15) is 0 Å². The zero-order chi connectivity index (χ0) is 24.4. The van der Waals surface area contributed by atoms with Gasteiger partial charge in [0.15, 0.2) is 5.11 Å². The fourth-order valence-electron chi connectivity index (χ4n) is 4.23. The van der Waals surface area contributed by atoms with E-state index in [1.807, 2.05) is 0 Å². The molecule has 0 amide bonds. The van der Waals surface area contributed by atoms with Gasteiger partial charge in [-0.15, -0.1) is 0 Å². The number of unbranched alkanes of at least 4 members (excludes halogenated alkanes) is 9. The Balaban J connectivity index is 1.74. The molecule has 2 N–H and O–H groups in total. The summed E-state index contributed by atoms with van der Waals surface area (Å²) in [5, 5.41) is 10.8. The van der Waals surface area contributed by atoms with Crippen molar-refractivity contribution >= 4 is 35.9 Å². The third-order valence-corrected chi connectivity index (χ3v) is 9.32. The molecule has 2 aromatic carbocycles. The summed E-state index contributed by atoms with van der Waals surface area (Å²) in [4.78, 5) is 0. The summed E-state index contributed by atoms with van der Waals surface area (Å²) in [6, 6.07) is 22.3. The van der Waals surface area contributed by atoms with E-state index < -0.39 is 7.92 Å². The van der Waals surface area contributed by atoms with Crippen molar-refractivity contribution in [1.82, 2.24) is 10.6 Å². The van der Waals surface area contributed by atoms with E-state index in [4.69, 9.17) is 12.2 Å². The molecule has 0 heterocycles. The maximum Gasteiger partial charge on any atom is 0.166 e. The molecule has 188 valence electrons. The fourth-order valence-corrected chi connectivity index (χ4v) is 7.17. The van der Waals surface area contributed by atoms with Crippen LogP contribution in [0.25, 0.3) is 0 Å². The lowest BCUT2D eigenvalue weighted by molar-refractivity contribution is 0.488. The molecule has 0 saturated carbocycles. The number of thiocarbonyl (C=S) groups is 1. The zero-order valence-corrected chi connectivity index (χ0v) is 23.5. The van der Waals surface area contributed by atoms with Gasteiger partial charge in [0.1, 0.15) is 0 Å². The standard InChI is InChI=1S/C30H47N2PS/c1-4-5-6-7-8-9-10-11-12-19-24-31-30(34)32-29(26(2)3)25-33(27-20-15-13-16-21-27)28-22-17-14-18-23-28/h13-18,20-23,26,29H,4-12,19,24-25H2,1-3H3,(H2,31,32,34)/t29-/m1/s1. The summed E-state index contributed by atoms with van der Waals surface area (Å²) >= 11 is 5.69. The van der Waals surface area contributed by atoms with E-state index in [2.05, 4.69) is 92.1 Å². The van der Waals surface area contributed by atoms with Crippen LogP contribution in [0, 0.1) is 5.92 Å². The van der Waals surface area contributed by atoms with Crippen LogP contribution in [0.15, 0.2) is 60.7 Å². The third kappa shape index (κ3) is 11.8. The lowest BCUT2D eigenvalue weighted by Crippen LogP contribution is -2.46. The molecule has 0 aliphatic rings. The number of rotatable bonds is 17. The Hall–Kier alpha value is -1.44. The van der Waals surface area contributed by atoms with Crippen molar-refractivity contribution in [3.8, 4) is 0 Å². The lowest BCUT2D eigenvalue weighted by atomic mass is 10.1. The van der Waals surface area contributed by atoms with Crippen molar-refractivity contribution in [3.63, 3.8) is 0 Å². The molecular weight excluding hydrogens is 451 g/mol. The predicted molar refractivity (Wildman–Crippen MR) is 158 cm³/mol. The maximum atomic E-state index is 5.69. The van der Waals surface area contributed by atoms with Crippen LogP contribution in [-0.2, 0) is 0 Å². The van der Waals surface area contributed by atoms with Crippen LogP contribution in [0.5, 0.6) is 0 Å². The van der Waals surface area contributed by atoms with Gasteiger partial charge < -0.3 is 10.6 Å². The second kappa shape index (κ2) is 17.9. The SMILES string of the molecule is CCCCCCCCCCCCNC(=S)N[C@H](CP(c1ccccc1)c1ccccc1)C(C)C. The highest BCUT2D eigenvalue weighted by molar-refractivity contribution is 7.80. The van der Waals surface area contributed by atoms with Crippen molar-refractivity contribution in [3.05, 3.63) is 60.7 Å². The van der Waals surface area contributed by atoms with Crippen molar-refractivity contribution in [2.24, 2.45) is 5.92 Å². The van der Waals surface area contributed by atoms with Gasteiger partial charge in [-0.3, -0.25) is 0 Å². The normalized spacial score (nSPS) is 12.1. The summed E-state index contributed by atoms with van der Waals surface area (Å²) < 4.78 is 0. The Bertz CT molecular complexity index is 726. The summed E-state index contributed by atoms with van der Waals surface area (Å²) in [7, 11) is -0.433. The van der Waals surface area contributed by atoms with Crippen LogP contribution in [0.2, 0.25) is 0 Å². The summed E-state index contributed by atoms with van der Waals surface area (Å²) in [6.07, 6.45) is 14.7. The van der Waals surface area contributed by atoms with Crippen molar-refractivity contribution in [2.45, 2.75) is 91.0 Å². The molecular formula is C30H47N2PS. The van der Waals surface area contributed by atoms with Crippen LogP contribution in [0.3, 0.4) is 0 Å². The van der Waals surface area contributed by atoms with Crippen LogP contribution in [0.1, 0.15) is 85.0 Å². The lowest BCUT2D eigenvalue weighted by Gasteiger charge is -2.29. The number of benzene rings is 2.